The molecule has 0 saturated heterocycles. The number of alkyl halides is 3. The van der Waals surface area contributed by atoms with Crippen molar-refractivity contribution in [3.63, 3.8) is 0 Å². The molecular formula is C23H18F3N3O3. The number of nitrogens with zero attached hydrogens (tertiary/aromatic N) is 1. The van der Waals surface area contributed by atoms with Crippen molar-refractivity contribution in [2.45, 2.75) is 18.2 Å². The van der Waals surface area contributed by atoms with E-state index in [9.17, 15) is 18.0 Å². The zero-order valence-electron chi connectivity index (χ0n) is 16.6. The normalized spacial score (nSPS) is 20.5. The van der Waals surface area contributed by atoms with Crippen LogP contribution in [0.4, 0.5) is 23.7 Å². The Balaban J connectivity index is 1.17. The van der Waals surface area contributed by atoms with Gasteiger partial charge in [0.2, 0.25) is 0 Å². The molecule has 2 N–H and O–H groups in total. The van der Waals surface area contributed by atoms with Crippen LogP contribution in [0.2, 0.25) is 0 Å². The number of benzene rings is 2. The first-order valence-electron chi connectivity index (χ1n) is 9.99. The van der Waals surface area contributed by atoms with E-state index in [0.717, 1.165) is 23.4 Å². The second-order valence-electron chi connectivity index (χ2n) is 7.67. The predicted molar refractivity (Wildman–Crippen MR) is 110 cm³/mol. The first-order valence-corrected chi connectivity index (χ1v) is 9.99. The van der Waals surface area contributed by atoms with Gasteiger partial charge in [-0.2, -0.15) is 13.2 Å². The van der Waals surface area contributed by atoms with E-state index in [1.54, 1.807) is 24.5 Å². The van der Waals surface area contributed by atoms with E-state index in [1.165, 1.54) is 12.1 Å². The lowest BCUT2D eigenvalue weighted by molar-refractivity contribution is -0.137. The van der Waals surface area contributed by atoms with Gasteiger partial charge in [0.25, 0.3) is 0 Å². The zero-order chi connectivity index (χ0) is 22.3. The fourth-order valence-corrected chi connectivity index (χ4v) is 3.96. The lowest BCUT2D eigenvalue weighted by Crippen LogP contribution is -2.31. The molecule has 32 heavy (non-hydrogen) atoms. The number of ether oxygens (including phenoxy) is 2. The molecular weight excluding hydrogens is 423 g/mol. The molecule has 0 bridgehead atoms. The van der Waals surface area contributed by atoms with Crippen LogP contribution in [0, 0.1) is 5.92 Å². The van der Waals surface area contributed by atoms with E-state index in [2.05, 4.69) is 15.6 Å². The molecule has 3 unspecified atom stereocenters. The quantitative estimate of drug-likeness (QED) is 0.572. The molecule has 3 atom stereocenters. The van der Waals surface area contributed by atoms with Crippen molar-refractivity contribution >= 4 is 11.7 Å². The Morgan fingerprint density at radius 2 is 1.88 bits per heavy atom. The van der Waals surface area contributed by atoms with Crippen LogP contribution in [0.25, 0.3) is 0 Å². The average molecular weight is 441 g/mol. The summed E-state index contributed by atoms with van der Waals surface area (Å²) in [5.74, 6) is 2.38. The number of hydrogen-bond donors (Lipinski definition) is 2. The molecule has 2 aliphatic rings. The van der Waals surface area contributed by atoms with Crippen molar-refractivity contribution < 1.29 is 27.4 Å². The first kappa shape index (κ1) is 20.2. The van der Waals surface area contributed by atoms with Gasteiger partial charge in [-0.05, 0) is 48.5 Å². The van der Waals surface area contributed by atoms with Crippen LogP contribution < -0.4 is 20.1 Å². The van der Waals surface area contributed by atoms with Crippen LogP contribution in [0.15, 0.2) is 67.0 Å². The maximum atomic E-state index is 12.8. The van der Waals surface area contributed by atoms with Crippen LogP contribution in [-0.4, -0.2) is 23.7 Å². The number of halogens is 3. The first-order chi connectivity index (χ1) is 15.4. The molecule has 9 heteroatoms. The Morgan fingerprint density at radius 1 is 1.06 bits per heavy atom. The number of hydrogen-bond acceptors (Lipinski definition) is 4. The number of anilines is 1. The van der Waals surface area contributed by atoms with Crippen LogP contribution >= 0.6 is 0 Å². The number of aromatic nitrogens is 1. The van der Waals surface area contributed by atoms with Gasteiger partial charge >= 0.3 is 12.2 Å². The van der Waals surface area contributed by atoms with Gasteiger partial charge in [0.15, 0.2) is 0 Å². The van der Waals surface area contributed by atoms with Gasteiger partial charge in [0, 0.05) is 42.0 Å². The van der Waals surface area contributed by atoms with E-state index < -0.39 is 17.8 Å². The lowest BCUT2D eigenvalue weighted by atomic mass is 10.1. The molecule has 1 aliphatic carbocycles. The standard InChI is InChI=1S/C23H18F3N3O3/c24-23(25,26)13-2-1-3-14(10-13)29-22(30)28-12-18-20-17-11-16(4-5-19(17)32-21(18)20)31-15-6-8-27-9-7-15/h1-11,18,20-21H,12H2,(H2,28,29,30). The minimum atomic E-state index is -4.47. The number of fused-ring (bicyclic) bond motifs is 3. The molecule has 3 aromatic rings. The summed E-state index contributed by atoms with van der Waals surface area (Å²) in [5, 5.41) is 5.16. The summed E-state index contributed by atoms with van der Waals surface area (Å²) >= 11 is 0. The van der Waals surface area contributed by atoms with Crippen molar-refractivity contribution in [2.75, 3.05) is 11.9 Å². The molecule has 1 fully saturated rings. The molecule has 0 radical (unpaired) electrons. The fraction of sp³-hybridized carbons (Fsp3) is 0.217. The maximum absolute atomic E-state index is 12.8. The van der Waals surface area contributed by atoms with Crippen molar-refractivity contribution in [1.29, 1.82) is 0 Å². The number of carbonyl (C=O) groups is 1. The molecule has 2 amide bonds. The number of amides is 2. The second-order valence-corrected chi connectivity index (χ2v) is 7.67. The van der Waals surface area contributed by atoms with E-state index in [-0.39, 0.29) is 23.6 Å². The van der Waals surface area contributed by atoms with Crippen molar-refractivity contribution in [3.05, 3.63) is 78.1 Å². The largest absolute Gasteiger partial charge is 0.489 e. The molecule has 1 aliphatic heterocycles. The zero-order valence-corrected chi connectivity index (χ0v) is 16.6. The Kier molecular flexibility index (Phi) is 4.88. The summed E-state index contributed by atoms with van der Waals surface area (Å²) in [6.07, 6.45) is -1.20. The summed E-state index contributed by atoms with van der Waals surface area (Å²) < 4.78 is 50.2. The molecule has 1 aromatic heterocycles. The highest BCUT2D eigenvalue weighted by molar-refractivity contribution is 5.89. The molecule has 2 heterocycles. The Labute approximate surface area is 181 Å². The maximum Gasteiger partial charge on any atom is 0.416 e. The summed E-state index contributed by atoms with van der Waals surface area (Å²) in [5.41, 5.74) is 0.279. The Bertz CT molecular complexity index is 1150. The third-order valence-electron chi connectivity index (χ3n) is 5.53. The summed E-state index contributed by atoms with van der Waals surface area (Å²) in [6, 6.07) is 13.1. The van der Waals surface area contributed by atoms with Crippen molar-refractivity contribution in [2.24, 2.45) is 5.92 Å². The number of nitrogens with one attached hydrogen (secondary N) is 2. The van der Waals surface area contributed by atoms with Gasteiger partial charge in [-0.1, -0.05) is 6.07 Å². The smallest absolute Gasteiger partial charge is 0.416 e. The molecule has 1 saturated carbocycles. The minimum absolute atomic E-state index is 0.0324. The number of urea groups is 1. The molecule has 6 nitrogen and oxygen atoms in total. The van der Waals surface area contributed by atoms with E-state index in [4.69, 9.17) is 9.47 Å². The SMILES string of the molecule is O=C(NCC1C2Oc3ccc(Oc4ccncc4)cc3C12)Nc1cccc(C(F)(F)F)c1. The second kappa shape index (κ2) is 7.74. The molecule has 164 valence electrons. The Morgan fingerprint density at radius 3 is 2.66 bits per heavy atom. The fourth-order valence-electron chi connectivity index (χ4n) is 3.96. The van der Waals surface area contributed by atoms with Crippen molar-refractivity contribution in [3.8, 4) is 17.2 Å². The van der Waals surface area contributed by atoms with Gasteiger partial charge in [-0.25, -0.2) is 4.79 Å². The van der Waals surface area contributed by atoms with E-state index in [0.29, 0.717) is 18.0 Å². The van der Waals surface area contributed by atoms with Gasteiger partial charge in [-0.15, -0.1) is 0 Å². The van der Waals surface area contributed by atoms with Crippen LogP contribution in [0.5, 0.6) is 17.2 Å². The lowest BCUT2D eigenvalue weighted by Gasteiger charge is -2.13. The predicted octanol–water partition coefficient (Wildman–Crippen LogP) is 5.19. The number of carbonyl (C=O) groups excluding carboxylic acids is 1. The van der Waals surface area contributed by atoms with Gasteiger partial charge < -0.3 is 20.1 Å². The third-order valence-corrected chi connectivity index (χ3v) is 5.53. The van der Waals surface area contributed by atoms with Gasteiger partial charge in [-0.3, -0.25) is 4.98 Å². The Hall–Kier alpha value is -3.75. The topological polar surface area (TPSA) is 72.5 Å². The third kappa shape index (κ3) is 4.05. The summed E-state index contributed by atoms with van der Waals surface area (Å²) in [6.45, 7) is 0.342. The minimum Gasteiger partial charge on any atom is -0.489 e. The average Bonchev–Trinajstić information content (AvgIpc) is 3.32. The highest BCUT2D eigenvalue weighted by Gasteiger charge is 2.58. The van der Waals surface area contributed by atoms with E-state index in [1.807, 2.05) is 18.2 Å². The monoisotopic (exact) mass is 441 g/mol. The van der Waals surface area contributed by atoms with Crippen LogP contribution in [-0.2, 0) is 6.18 Å². The molecule has 2 aromatic carbocycles. The number of rotatable bonds is 5. The highest BCUT2D eigenvalue weighted by Crippen LogP contribution is 2.58. The van der Waals surface area contributed by atoms with Crippen LogP contribution in [0.1, 0.15) is 17.0 Å². The van der Waals surface area contributed by atoms with Crippen molar-refractivity contribution in [1.82, 2.24) is 10.3 Å². The summed E-state index contributed by atoms with van der Waals surface area (Å²) in [7, 11) is 0. The van der Waals surface area contributed by atoms with Gasteiger partial charge in [0.05, 0.1) is 5.56 Å². The molecule has 0 spiro atoms. The highest BCUT2D eigenvalue weighted by atomic mass is 19.4. The van der Waals surface area contributed by atoms with Gasteiger partial charge in [0.1, 0.15) is 23.4 Å². The number of pyridine rings is 1. The molecule has 5 rings (SSSR count). The van der Waals surface area contributed by atoms with E-state index >= 15 is 0 Å². The van der Waals surface area contributed by atoms with Crippen LogP contribution in [0.3, 0.4) is 0 Å². The summed E-state index contributed by atoms with van der Waals surface area (Å²) in [4.78, 5) is 16.1.